The van der Waals surface area contributed by atoms with Crippen molar-refractivity contribution in [3.05, 3.63) is 53.6 Å². The smallest absolute Gasteiger partial charge is 0.488 e. The van der Waals surface area contributed by atoms with Crippen molar-refractivity contribution in [2.45, 2.75) is 44.5 Å². The third-order valence-electron chi connectivity index (χ3n) is 5.44. The molecular weight excluding hydrogens is 488 g/mol. The van der Waals surface area contributed by atoms with E-state index in [0.29, 0.717) is 11.3 Å². The molecule has 1 saturated heterocycles. The van der Waals surface area contributed by atoms with Crippen molar-refractivity contribution in [3.8, 4) is 17.2 Å². The van der Waals surface area contributed by atoms with Crippen molar-refractivity contribution in [2.75, 3.05) is 19.7 Å². The molecule has 1 fully saturated rings. The van der Waals surface area contributed by atoms with Gasteiger partial charge in [-0.25, -0.2) is 4.39 Å². The van der Waals surface area contributed by atoms with Crippen molar-refractivity contribution in [1.29, 1.82) is 0 Å². The minimum absolute atomic E-state index is 0.0266. The number of rotatable bonds is 9. The molecule has 0 aliphatic carbocycles. The van der Waals surface area contributed by atoms with Crippen molar-refractivity contribution in [1.82, 2.24) is 4.90 Å². The Morgan fingerprint density at radius 2 is 1.83 bits per heavy atom. The largest absolute Gasteiger partial charge is 0.573 e. The Balaban J connectivity index is 1.61. The van der Waals surface area contributed by atoms with Gasteiger partial charge in [-0.1, -0.05) is 12.1 Å². The summed E-state index contributed by atoms with van der Waals surface area (Å²) in [6.07, 6.45) is -7.87. The van der Waals surface area contributed by atoms with Gasteiger partial charge in [-0.15, -0.1) is 13.2 Å². The highest BCUT2D eigenvalue weighted by atomic mass is 19.4. The average molecular weight is 514 g/mol. The summed E-state index contributed by atoms with van der Waals surface area (Å²) in [5.41, 5.74) is 5.87. The van der Waals surface area contributed by atoms with Crippen LogP contribution in [0.25, 0.3) is 0 Å². The molecule has 3 atom stereocenters. The molecule has 0 radical (unpaired) electrons. The summed E-state index contributed by atoms with van der Waals surface area (Å²) < 4.78 is 66.9. The van der Waals surface area contributed by atoms with Crippen LogP contribution in [0.15, 0.2) is 42.5 Å². The molecular formula is C24H26F4N2O6. The number of carbonyl (C=O) groups excluding carboxylic acids is 2. The molecule has 2 amide bonds. The number of nitrogens with two attached hydrogens (primary N) is 1. The second-order valence-electron chi connectivity index (χ2n) is 8.30. The molecule has 2 aromatic carbocycles. The first kappa shape index (κ1) is 27.1. The van der Waals surface area contributed by atoms with Crippen LogP contribution in [-0.2, 0) is 11.2 Å². The van der Waals surface area contributed by atoms with Crippen LogP contribution in [0.1, 0.15) is 29.3 Å². The maximum Gasteiger partial charge on any atom is 0.573 e. The number of ether oxygens (including phenoxy) is 3. The van der Waals surface area contributed by atoms with Crippen LogP contribution < -0.4 is 19.9 Å². The number of likely N-dealkylation sites (tertiary alicyclic amines) is 1. The summed E-state index contributed by atoms with van der Waals surface area (Å²) in [6.45, 7) is 1.31. The van der Waals surface area contributed by atoms with Gasteiger partial charge in [-0.2, -0.15) is 0 Å². The minimum atomic E-state index is -4.82. The first-order valence-electron chi connectivity index (χ1n) is 11.1. The zero-order valence-corrected chi connectivity index (χ0v) is 19.3. The van der Waals surface area contributed by atoms with E-state index < -0.39 is 42.3 Å². The van der Waals surface area contributed by atoms with Gasteiger partial charge >= 0.3 is 6.36 Å². The minimum Gasteiger partial charge on any atom is -0.488 e. The Kier molecular flexibility index (Phi) is 8.62. The fourth-order valence-electron chi connectivity index (χ4n) is 3.65. The van der Waals surface area contributed by atoms with Gasteiger partial charge in [0.2, 0.25) is 5.91 Å². The maximum absolute atomic E-state index is 15.0. The Morgan fingerprint density at radius 3 is 2.42 bits per heavy atom. The van der Waals surface area contributed by atoms with E-state index in [1.165, 1.54) is 35.2 Å². The number of aliphatic hydroxyl groups excluding tert-OH is 1. The molecule has 2 aromatic rings. The zero-order chi connectivity index (χ0) is 26.5. The van der Waals surface area contributed by atoms with Crippen molar-refractivity contribution in [2.24, 2.45) is 5.73 Å². The number of aliphatic hydroxyl groups is 1. The molecule has 0 bridgehead atoms. The van der Waals surface area contributed by atoms with Crippen molar-refractivity contribution in [3.63, 3.8) is 0 Å². The highest BCUT2D eigenvalue weighted by Crippen LogP contribution is 2.29. The van der Waals surface area contributed by atoms with E-state index in [1.54, 1.807) is 6.92 Å². The SMILES string of the molecule is CC(CO)Oc1ccc(C(N)=O)c(OC2CCN(C(=O)Cc3ccc(OC(F)(F)F)cc3)CC2F)c1. The summed E-state index contributed by atoms with van der Waals surface area (Å²) in [5.74, 6) is -1.26. The quantitative estimate of drug-likeness (QED) is 0.498. The third-order valence-corrected chi connectivity index (χ3v) is 5.44. The Labute approximate surface area is 204 Å². The predicted octanol–water partition coefficient (Wildman–Crippen LogP) is 3.00. The van der Waals surface area contributed by atoms with E-state index in [9.17, 15) is 27.2 Å². The number of halogens is 4. The van der Waals surface area contributed by atoms with Gasteiger partial charge in [0.05, 0.1) is 25.1 Å². The fraction of sp³-hybridized carbons (Fsp3) is 0.417. The van der Waals surface area contributed by atoms with Gasteiger partial charge in [-0.05, 0) is 36.8 Å². The zero-order valence-electron chi connectivity index (χ0n) is 19.3. The number of piperidine rings is 1. The first-order chi connectivity index (χ1) is 16.9. The predicted molar refractivity (Wildman–Crippen MR) is 119 cm³/mol. The number of nitrogens with zero attached hydrogens (tertiary/aromatic N) is 1. The summed E-state index contributed by atoms with van der Waals surface area (Å²) in [7, 11) is 0. The second-order valence-corrected chi connectivity index (χ2v) is 8.30. The summed E-state index contributed by atoms with van der Waals surface area (Å²) in [4.78, 5) is 25.7. The monoisotopic (exact) mass is 514 g/mol. The van der Waals surface area contributed by atoms with Gasteiger partial charge in [-0.3, -0.25) is 9.59 Å². The topological polar surface area (TPSA) is 111 Å². The summed E-state index contributed by atoms with van der Waals surface area (Å²) in [6, 6.07) is 9.12. The lowest BCUT2D eigenvalue weighted by Crippen LogP contribution is -2.49. The number of hydrogen-bond donors (Lipinski definition) is 2. The molecule has 3 unspecified atom stereocenters. The first-order valence-corrected chi connectivity index (χ1v) is 11.1. The van der Waals surface area contributed by atoms with Crippen LogP contribution in [-0.4, -0.2) is 66.3 Å². The lowest BCUT2D eigenvalue weighted by atomic mass is 10.0. The van der Waals surface area contributed by atoms with E-state index in [-0.39, 0.29) is 43.9 Å². The van der Waals surface area contributed by atoms with E-state index in [4.69, 9.17) is 20.3 Å². The lowest BCUT2D eigenvalue weighted by Gasteiger charge is -2.35. The third kappa shape index (κ3) is 7.48. The van der Waals surface area contributed by atoms with Crippen LogP contribution in [0, 0.1) is 0 Å². The number of carbonyl (C=O) groups is 2. The molecule has 3 rings (SSSR count). The van der Waals surface area contributed by atoms with Crippen LogP contribution in [0.2, 0.25) is 0 Å². The highest BCUT2D eigenvalue weighted by Gasteiger charge is 2.34. The molecule has 12 heteroatoms. The Bertz CT molecular complexity index is 1060. The van der Waals surface area contributed by atoms with E-state index >= 15 is 0 Å². The molecule has 3 N–H and O–H groups in total. The molecule has 1 heterocycles. The molecule has 0 spiro atoms. The molecule has 8 nitrogen and oxygen atoms in total. The average Bonchev–Trinajstić information content (AvgIpc) is 2.80. The van der Waals surface area contributed by atoms with Gasteiger partial charge in [0, 0.05) is 19.0 Å². The number of hydrogen-bond acceptors (Lipinski definition) is 6. The van der Waals surface area contributed by atoms with Gasteiger partial charge < -0.3 is 30.0 Å². The van der Waals surface area contributed by atoms with Gasteiger partial charge in [0.15, 0.2) is 6.17 Å². The van der Waals surface area contributed by atoms with Crippen LogP contribution in [0.5, 0.6) is 17.2 Å². The van der Waals surface area contributed by atoms with Crippen molar-refractivity contribution < 1.29 is 46.5 Å². The molecule has 36 heavy (non-hydrogen) atoms. The molecule has 0 saturated carbocycles. The van der Waals surface area contributed by atoms with Crippen LogP contribution in [0.4, 0.5) is 17.6 Å². The van der Waals surface area contributed by atoms with E-state index in [1.807, 2.05) is 0 Å². The Morgan fingerprint density at radius 1 is 1.17 bits per heavy atom. The maximum atomic E-state index is 15.0. The second kappa shape index (κ2) is 11.5. The fourth-order valence-corrected chi connectivity index (χ4v) is 3.65. The lowest BCUT2D eigenvalue weighted by molar-refractivity contribution is -0.274. The van der Waals surface area contributed by atoms with Gasteiger partial charge in [0.1, 0.15) is 29.5 Å². The summed E-state index contributed by atoms with van der Waals surface area (Å²) >= 11 is 0. The summed E-state index contributed by atoms with van der Waals surface area (Å²) in [5, 5.41) is 9.16. The molecule has 0 aromatic heterocycles. The van der Waals surface area contributed by atoms with E-state index in [0.717, 1.165) is 12.1 Å². The standard InChI is InChI=1S/C24H26F4N2O6/c1-14(13-31)34-17-6-7-18(23(29)33)21(11-17)35-20-8-9-30(12-19(20)25)22(32)10-15-2-4-16(5-3-15)36-24(26,27)28/h2-7,11,14,19-20,31H,8-10,12-13H2,1H3,(H2,29,33). The normalized spacial score (nSPS) is 18.9. The van der Waals surface area contributed by atoms with Crippen molar-refractivity contribution >= 4 is 11.8 Å². The van der Waals surface area contributed by atoms with Crippen LogP contribution in [0.3, 0.4) is 0 Å². The van der Waals surface area contributed by atoms with Crippen LogP contribution >= 0.6 is 0 Å². The molecule has 1 aliphatic rings. The number of alkyl halides is 4. The number of benzene rings is 2. The van der Waals surface area contributed by atoms with Gasteiger partial charge in [0.25, 0.3) is 5.91 Å². The van der Waals surface area contributed by atoms with E-state index in [2.05, 4.69) is 4.74 Å². The molecule has 196 valence electrons. The Hall–Kier alpha value is -3.54. The molecule has 1 aliphatic heterocycles. The number of amides is 2. The highest BCUT2D eigenvalue weighted by molar-refractivity contribution is 5.95. The number of primary amides is 1.